The number of esters is 1. The van der Waals surface area contributed by atoms with Gasteiger partial charge in [0.15, 0.2) is 0 Å². The van der Waals surface area contributed by atoms with E-state index in [0.29, 0.717) is 12.2 Å². The van der Waals surface area contributed by atoms with Crippen LogP contribution in [-0.4, -0.2) is 12.6 Å². The summed E-state index contributed by atoms with van der Waals surface area (Å²) in [7, 11) is 0. The third kappa shape index (κ3) is 3.05. The van der Waals surface area contributed by atoms with Crippen LogP contribution in [0.2, 0.25) is 0 Å². The number of ether oxygens (including phenoxy) is 1. The first-order chi connectivity index (χ1) is 6.74. The van der Waals surface area contributed by atoms with E-state index in [9.17, 15) is 4.79 Å². The van der Waals surface area contributed by atoms with Crippen LogP contribution in [0.3, 0.4) is 0 Å². The number of hydrogen-bond donors (Lipinski definition) is 0. The fraction of sp³-hybridized carbons (Fsp3) is 0.250. The van der Waals surface area contributed by atoms with Crippen molar-refractivity contribution >= 4 is 5.97 Å². The van der Waals surface area contributed by atoms with E-state index in [4.69, 9.17) is 4.74 Å². The van der Waals surface area contributed by atoms with Gasteiger partial charge < -0.3 is 4.74 Å². The highest BCUT2D eigenvalue weighted by Gasteiger charge is 2.04. The van der Waals surface area contributed by atoms with Gasteiger partial charge in [-0.2, -0.15) is 0 Å². The molecule has 0 radical (unpaired) electrons. The van der Waals surface area contributed by atoms with Crippen LogP contribution in [0.4, 0.5) is 0 Å². The van der Waals surface area contributed by atoms with Crippen molar-refractivity contribution in [3.8, 4) is 0 Å². The molecule has 0 unspecified atom stereocenters. The SMILES string of the molecule is C/C=C/COC(=O)c1ccc(C)cc1. The van der Waals surface area contributed by atoms with Crippen molar-refractivity contribution in [1.82, 2.24) is 0 Å². The monoisotopic (exact) mass is 190 g/mol. The Kier molecular flexibility index (Phi) is 3.92. The van der Waals surface area contributed by atoms with E-state index in [1.165, 1.54) is 0 Å². The Balaban J connectivity index is 2.56. The normalized spacial score (nSPS) is 10.4. The van der Waals surface area contributed by atoms with Gasteiger partial charge in [-0.15, -0.1) is 0 Å². The number of carbonyl (C=O) groups excluding carboxylic acids is 1. The van der Waals surface area contributed by atoms with Crippen LogP contribution in [0.15, 0.2) is 36.4 Å². The van der Waals surface area contributed by atoms with Crippen LogP contribution >= 0.6 is 0 Å². The molecule has 0 spiro atoms. The number of carbonyl (C=O) groups is 1. The predicted octanol–water partition coefficient (Wildman–Crippen LogP) is 2.73. The predicted molar refractivity (Wildman–Crippen MR) is 56.3 cm³/mol. The molecule has 1 rings (SSSR count). The van der Waals surface area contributed by atoms with Gasteiger partial charge in [0.05, 0.1) is 5.56 Å². The number of benzene rings is 1. The summed E-state index contributed by atoms with van der Waals surface area (Å²) in [6.45, 7) is 4.21. The maximum absolute atomic E-state index is 11.4. The molecule has 0 aliphatic heterocycles. The average molecular weight is 190 g/mol. The fourth-order valence-electron chi connectivity index (χ4n) is 0.993. The first-order valence-electron chi connectivity index (χ1n) is 4.59. The molecule has 2 nitrogen and oxygen atoms in total. The Morgan fingerprint density at radius 3 is 2.57 bits per heavy atom. The van der Waals surface area contributed by atoms with Gasteiger partial charge in [-0.25, -0.2) is 4.79 Å². The molecule has 0 atom stereocenters. The van der Waals surface area contributed by atoms with Crippen LogP contribution in [0.1, 0.15) is 22.8 Å². The highest BCUT2D eigenvalue weighted by molar-refractivity contribution is 5.89. The van der Waals surface area contributed by atoms with E-state index < -0.39 is 0 Å². The van der Waals surface area contributed by atoms with Gasteiger partial charge in [0.25, 0.3) is 0 Å². The van der Waals surface area contributed by atoms with Crippen molar-refractivity contribution in [2.24, 2.45) is 0 Å². The summed E-state index contributed by atoms with van der Waals surface area (Å²) in [6, 6.07) is 7.33. The van der Waals surface area contributed by atoms with Crippen LogP contribution in [0, 0.1) is 6.92 Å². The van der Waals surface area contributed by atoms with E-state index in [0.717, 1.165) is 5.56 Å². The number of hydrogen-bond acceptors (Lipinski definition) is 2. The molecular weight excluding hydrogens is 176 g/mol. The molecule has 0 fully saturated rings. The van der Waals surface area contributed by atoms with E-state index in [2.05, 4.69) is 0 Å². The van der Waals surface area contributed by atoms with Crippen molar-refractivity contribution in [3.63, 3.8) is 0 Å². The van der Waals surface area contributed by atoms with E-state index in [-0.39, 0.29) is 5.97 Å². The fourth-order valence-corrected chi connectivity index (χ4v) is 0.993. The van der Waals surface area contributed by atoms with Gasteiger partial charge >= 0.3 is 5.97 Å². The van der Waals surface area contributed by atoms with E-state index in [1.807, 2.05) is 32.1 Å². The second-order valence-corrected chi connectivity index (χ2v) is 3.03. The van der Waals surface area contributed by atoms with Crippen LogP contribution in [-0.2, 0) is 4.74 Å². The van der Waals surface area contributed by atoms with Crippen molar-refractivity contribution in [2.75, 3.05) is 6.61 Å². The molecule has 0 N–H and O–H groups in total. The smallest absolute Gasteiger partial charge is 0.338 e. The molecule has 14 heavy (non-hydrogen) atoms. The average Bonchev–Trinajstić information content (AvgIpc) is 2.19. The molecule has 0 saturated carbocycles. The Morgan fingerprint density at radius 2 is 2.00 bits per heavy atom. The van der Waals surface area contributed by atoms with Crippen molar-refractivity contribution in [1.29, 1.82) is 0 Å². The quantitative estimate of drug-likeness (QED) is 0.541. The Morgan fingerprint density at radius 1 is 1.36 bits per heavy atom. The molecule has 1 aromatic rings. The zero-order chi connectivity index (χ0) is 10.4. The topological polar surface area (TPSA) is 26.3 Å². The van der Waals surface area contributed by atoms with Crippen molar-refractivity contribution in [2.45, 2.75) is 13.8 Å². The Labute approximate surface area is 84.2 Å². The highest BCUT2D eigenvalue weighted by Crippen LogP contribution is 2.04. The molecule has 0 aliphatic rings. The standard InChI is InChI=1S/C12H14O2/c1-3-4-9-14-12(13)11-7-5-10(2)6-8-11/h3-8H,9H2,1-2H3/b4-3+. The number of allylic oxidation sites excluding steroid dienone is 1. The van der Waals surface area contributed by atoms with Gasteiger partial charge in [-0.1, -0.05) is 29.8 Å². The van der Waals surface area contributed by atoms with Crippen LogP contribution in [0.5, 0.6) is 0 Å². The molecule has 0 aromatic heterocycles. The van der Waals surface area contributed by atoms with Crippen molar-refractivity contribution < 1.29 is 9.53 Å². The molecule has 0 bridgehead atoms. The minimum absolute atomic E-state index is 0.275. The molecule has 2 heteroatoms. The van der Waals surface area contributed by atoms with E-state index in [1.54, 1.807) is 18.2 Å². The molecular formula is C12H14O2. The van der Waals surface area contributed by atoms with Gasteiger partial charge in [0, 0.05) is 0 Å². The second kappa shape index (κ2) is 5.22. The lowest BCUT2D eigenvalue weighted by atomic mass is 10.1. The summed E-state index contributed by atoms with van der Waals surface area (Å²) in [5.74, 6) is -0.275. The summed E-state index contributed by atoms with van der Waals surface area (Å²) in [4.78, 5) is 11.4. The Bertz CT molecular complexity index is 323. The molecule has 74 valence electrons. The number of aryl methyl sites for hydroxylation is 1. The lowest BCUT2D eigenvalue weighted by molar-refractivity contribution is 0.0549. The van der Waals surface area contributed by atoms with Gasteiger partial charge in [0.1, 0.15) is 6.61 Å². The molecule has 0 heterocycles. The lowest BCUT2D eigenvalue weighted by Gasteiger charge is -2.01. The Hall–Kier alpha value is -1.57. The summed E-state index contributed by atoms with van der Waals surface area (Å²) >= 11 is 0. The van der Waals surface area contributed by atoms with Gasteiger partial charge in [-0.05, 0) is 26.0 Å². The third-order valence-corrected chi connectivity index (χ3v) is 1.83. The largest absolute Gasteiger partial charge is 0.458 e. The molecule has 0 amide bonds. The van der Waals surface area contributed by atoms with Gasteiger partial charge in [-0.3, -0.25) is 0 Å². The zero-order valence-corrected chi connectivity index (χ0v) is 8.49. The maximum Gasteiger partial charge on any atom is 0.338 e. The first kappa shape index (κ1) is 10.5. The molecule has 0 saturated heterocycles. The number of rotatable bonds is 3. The second-order valence-electron chi connectivity index (χ2n) is 3.03. The lowest BCUT2D eigenvalue weighted by Crippen LogP contribution is -2.04. The molecule has 1 aromatic carbocycles. The minimum atomic E-state index is -0.275. The molecule has 0 aliphatic carbocycles. The van der Waals surface area contributed by atoms with Crippen LogP contribution in [0.25, 0.3) is 0 Å². The zero-order valence-electron chi connectivity index (χ0n) is 8.49. The first-order valence-corrected chi connectivity index (χ1v) is 4.59. The van der Waals surface area contributed by atoms with Crippen LogP contribution < -0.4 is 0 Å². The van der Waals surface area contributed by atoms with Crippen molar-refractivity contribution in [3.05, 3.63) is 47.5 Å². The van der Waals surface area contributed by atoms with Gasteiger partial charge in [0.2, 0.25) is 0 Å². The summed E-state index contributed by atoms with van der Waals surface area (Å²) in [5.41, 5.74) is 1.73. The minimum Gasteiger partial charge on any atom is -0.458 e. The third-order valence-electron chi connectivity index (χ3n) is 1.83. The van der Waals surface area contributed by atoms with E-state index >= 15 is 0 Å². The summed E-state index contributed by atoms with van der Waals surface area (Å²) in [6.07, 6.45) is 3.65. The maximum atomic E-state index is 11.4. The highest BCUT2D eigenvalue weighted by atomic mass is 16.5. The summed E-state index contributed by atoms with van der Waals surface area (Å²) in [5, 5.41) is 0. The summed E-state index contributed by atoms with van der Waals surface area (Å²) < 4.78 is 4.98.